The van der Waals surface area contributed by atoms with Gasteiger partial charge in [0.1, 0.15) is 18.2 Å². The third-order valence-electron chi connectivity index (χ3n) is 5.36. The Hall–Kier alpha value is -3.68. The van der Waals surface area contributed by atoms with Crippen molar-refractivity contribution in [2.24, 2.45) is 0 Å². The number of para-hydroxylation sites is 2. The highest BCUT2D eigenvalue weighted by Gasteiger charge is 2.27. The van der Waals surface area contributed by atoms with Crippen LogP contribution in [0.4, 0.5) is 5.82 Å². The van der Waals surface area contributed by atoms with E-state index in [1.54, 1.807) is 19.6 Å². The van der Waals surface area contributed by atoms with Crippen LogP contribution in [-0.2, 0) is 0 Å². The zero-order valence-electron chi connectivity index (χ0n) is 17.5. The lowest BCUT2D eigenvalue weighted by Crippen LogP contribution is -2.25. The van der Waals surface area contributed by atoms with Crippen molar-refractivity contribution in [1.82, 2.24) is 19.9 Å². The van der Waals surface area contributed by atoms with Gasteiger partial charge in [-0.15, -0.1) is 0 Å². The smallest absolute Gasteiger partial charge is 0.233 e. The lowest BCUT2D eigenvalue weighted by molar-refractivity contribution is 0.216. The van der Waals surface area contributed by atoms with Gasteiger partial charge < -0.3 is 19.1 Å². The van der Waals surface area contributed by atoms with Crippen molar-refractivity contribution in [1.29, 1.82) is 0 Å². The van der Waals surface area contributed by atoms with Gasteiger partial charge in [0, 0.05) is 24.4 Å². The number of aromatic nitrogens is 4. The van der Waals surface area contributed by atoms with Gasteiger partial charge in [-0.3, -0.25) is 0 Å². The standard InChI is InChI=1S/C23H23N5O3/c1-3-30-21-10-16-19(11-20(21)29-2)25-14-26-23(16)28-9-8-15(13-28)31-22-12-24-17-6-4-5-7-18(17)27-22/h4-7,10-12,14-15H,3,8-9,13H2,1-2H3/t15-/m1/s1. The fraction of sp³-hybridized carbons (Fsp3) is 0.304. The molecule has 1 aliphatic rings. The molecule has 0 N–H and O–H groups in total. The van der Waals surface area contributed by atoms with E-state index in [9.17, 15) is 0 Å². The van der Waals surface area contributed by atoms with Crippen molar-refractivity contribution >= 4 is 27.8 Å². The van der Waals surface area contributed by atoms with Crippen LogP contribution in [0.25, 0.3) is 21.9 Å². The first-order valence-corrected chi connectivity index (χ1v) is 10.3. The van der Waals surface area contributed by atoms with Gasteiger partial charge in [-0.25, -0.2) is 19.9 Å². The van der Waals surface area contributed by atoms with Crippen molar-refractivity contribution in [3.63, 3.8) is 0 Å². The molecule has 8 nitrogen and oxygen atoms in total. The molecular formula is C23H23N5O3. The third-order valence-corrected chi connectivity index (χ3v) is 5.36. The van der Waals surface area contributed by atoms with Crippen LogP contribution in [0.2, 0.25) is 0 Å². The topological polar surface area (TPSA) is 82.5 Å². The van der Waals surface area contributed by atoms with Crippen LogP contribution in [0.3, 0.4) is 0 Å². The zero-order chi connectivity index (χ0) is 21.2. The molecule has 0 amide bonds. The number of anilines is 1. The van der Waals surface area contributed by atoms with E-state index in [0.717, 1.165) is 40.7 Å². The summed E-state index contributed by atoms with van der Waals surface area (Å²) in [5.41, 5.74) is 2.50. The second-order valence-electron chi connectivity index (χ2n) is 7.32. The van der Waals surface area contributed by atoms with Crippen molar-refractivity contribution in [3.8, 4) is 17.4 Å². The molecular weight excluding hydrogens is 394 g/mol. The van der Waals surface area contributed by atoms with Crippen molar-refractivity contribution in [2.75, 3.05) is 31.7 Å². The number of benzene rings is 2. The Morgan fingerprint density at radius 2 is 1.90 bits per heavy atom. The molecule has 31 heavy (non-hydrogen) atoms. The van der Waals surface area contributed by atoms with Gasteiger partial charge in [-0.05, 0) is 25.1 Å². The van der Waals surface area contributed by atoms with Crippen LogP contribution in [0.15, 0.2) is 48.9 Å². The van der Waals surface area contributed by atoms with Crippen molar-refractivity contribution < 1.29 is 14.2 Å². The van der Waals surface area contributed by atoms with E-state index in [1.807, 2.05) is 43.3 Å². The molecule has 2 aromatic carbocycles. The van der Waals surface area contributed by atoms with E-state index < -0.39 is 0 Å². The molecule has 158 valence electrons. The molecule has 0 saturated carbocycles. The Kier molecular flexibility index (Phi) is 5.11. The summed E-state index contributed by atoms with van der Waals surface area (Å²) in [5, 5.41) is 0.929. The Bertz CT molecular complexity index is 1230. The first-order valence-electron chi connectivity index (χ1n) is 10.3. The summed E-state index contributed by atoms with van der Waals surface area (Å²) in [5.74, 6) is 2.76. The summed E-state index contributed by atoms with van der Waals surface area (Å²) in [6.07, 6.45) is 4.14. The van der Waals surface area contributed by atoms with Gasteiger partial charge in [0.2, 0.25) is 5.88 Å². The first kappa shape index (κ1) is 19.3. The maximum atomic E-state index is 6.14. The lowest BCUT2D eigenvalue weighted by atomic mass is 10.2. The van der Waals surface area contributed by atoms with E-state index in [-0.39, 0.29) is 6.10 Å². The van der Waals surface area contributed by atoms with Crippen LogP contribution < -0.4 is 19.1 Å². The maximum absolute atomic E-state index is 6.14. The summed E-state index contributed by atoms with van der Waals surface area (Å²) in [7, 11) is 1.63. The molecule has 8 heteroatoms. The number of hydrogen-bond acceptors (Lipinski definition) is 8. The summed E-state index contributed by atoms with van der Waals surface area (Å²) in [6, 6.07) is 11.6. The molecule has 3 heterocycles. The van der Waals surface area contributed by atoms with Crippen molar-refractivity contribution in [2.45, 2.75) is 19.4 Å². The Labute approximate surface area is 179 Å². The van der Waals surface area contributed by atoms with Gasteiger partial charge in [0.15, 0.2) is 11.5 Å². The van der Waals surface area contributed by atoms with E-state index >= 15 is 0 Å². The summed E-state index contributed by atoms with van der Waals surface area (Å²) in [6.45, 7) is 4.03. The van der Waals surface area contributed by atoms with E-state index in [1.165, 1.54) is 0 Å². The molecule has 0 spiro atoms. The van der Waals surface area contributed by atoms with Crippen molar-refractivity contribution in [3.05, 3.63) is 48.9 Å². The molecule has 1 aliphatic heterocycles. The summed E-state index contributed by atoms with van der Waals surface area (Å²) >= 11 is 0. The highest BCUT2D eigenvalue weighted by atomic mass is 16.5. The normalized spacial score (nSPS) is 16.1. The number of ether oxygens (including phenoxy) is 3. The van der Waals surface area contributed by atoms with Crippen LogP contribution in [0.5, 0.6) is 17.4 Å². The van der Waals surface area contributed by atoms with Gasteiger partial charge in [-0.2, -0.15) is 0 Å². The molecule has 1 atom stereocenters. The average Bonchev–Trinajstić information content (AvgIpc) is 3.26. The minimum atomic E-state index is 0.00471. The third kappa shape index (κ3) is 3.76. The monoisotopic (exact) mass is 417 g/mol. The zero-order valence-corrected chi connectivity index (χ0v) is 17.5. The lowest BCUT2D eigenvalue weighted by Gasteiger charge is -2.20. The number of nitrogens with zero attached hydrogens (tertiary/aromatic N) is 5. The van der Waals surface area contributed by atoms with Gasteiger partial charge in [0.05, 0.1) is 43.0 Å². The number of rotatable bonds is 6. The fourth-order valence-electron chi connectivity index (χ4n) is 3.91. The number of hydrogen-bond donors (Lipinski definition) is 0. The minimum Gasteiger partial charge on any atom is -0.493 e. The van der Waals surface area contributed by atoms with E-state index in [2.05, 4.69) is 24.8 Å². The number of fused-ring (bicyclic) bond motifs is 2. The highest BCUT2D eigenvalue weighted by Crippen LogP contribution is 2.36. The first-order chi connectivity index (χ1) is 15.2. The predicted molar refractivity (Wildman–Crippen MR) is 118 cm³/mol. The molecule has 5 rings (SSSR count). The molecule has 2 aromatic heterocycles. The minimum absolute atomic E-state index is 0.00471. The number of methoxy groups -OCH3 is 1. The predicted octanol–water partition coefficient (Wildman–Crippen LogP) is 3.64. The second-order valence-corrected chi connectivity index (χ2v) is 7.32. The van der Waals surface area contributed by atoms with E-state index in [0.29, 0.717) is 30.5 Å². The van der Waals surface area contributed by atoms with Crippen LogP contribution in [0.1, 0.15) is 13.3 Å². The Balaban J connectivity index is 1.39. The van der Waals surface area contributed by atoms with Crippen LogP contribution in [-0.4, -0.2) is 52.8 Å². The second kappa shape index (κ2) is 8.22. The molecule has 0 bridgehead atoms. The van der Waals surface area contributed by atoms with Crippen LogP contribution >= 0.6 is 0 Å². The van der Waals surface area contributed by atoms with Gasteiger partial charge in [-0.1, -0.05) is 12.1 Å². The molecule has 1 fully saturated rings. The SMILES string of the molecule is CCOc1cc2c(N3CC[C@@H](Oc4cnc5ccccc5n4)C3)ncnc2cc1OC. The van der Waals surface area contributed by atoms with Gasteiger partial charge in [0.25, 0.3) is 0 Å². The quantitative estimate of drug-likeness (QED) is 0.470. The van der Waals surface area contributed by atoms with Gasteiger partial charge >= 0.3 is 0 Å². The Morgan fingerprint density at radius 1 is 1.03 bits per heavy atom. The molecule has 1 saturated heterocycles. The molecule has 0 radical (unpaired) electrons. The molecule has 0 unspecified atom stereocenters. The highest BCUT2D eigenvalue weighted by molar-refractivity contribution is 5.92. The molecule has 0 aliphatic carbocycles. The summed E-state index contributed by atoms with van der Waals surface area (Å²) < 4.78 is 17.3. The average molecular weight is 417 g/mol. The largest absolute Gasteiger partial charge is 0.493 e. The maximum Gasteiger partial charge on any atom is 0.233 e. The fourth-order valence-corrected chi connectivity index (χ4v) is 3.91. The Morgan fingerprint density at radius 3 is 2.74 bits per heavy atom. The summed E-state index contributed by atoms with van der Waals surface area (Å²) in [4.78, 5) is 20.2. The van der Waals surface area contributed by atoms with Crippen LogP contribution in [0, 0.1) is 0 Å². The molecule has 4 aromatic rings. The van der Waals surface area contributed by atoms with E-state index in [4.69, 9.17) is 14.2 Å².